The van der Waals surface area contributed by atoms with Crippen molar-refractivity contribution in [3.05, 3.63) is 35.5 Å². The Balaban J connectivity index is 1.71. The quantitative estimate of drug-likeness (QED) is 0.407. The van der Waals surface area contributed by atoms with Crippen molar-refractivity contribution in [2.24, 2.45) is 23.2 Å². The number of carbonyl (C=O) groups excluding carboxylic acids is 1. The number of halogens is 1. The molecule has 33 heavy (non-hydrogen) atoms. The Labute approximate surface area is 200 Å². The molecule has 6 atom stereocenters. The molecule has 0 heterocycles. The van der Waals surface area contributed by atoms with E-state index in [2.05, 4.69) is 32.6 Å². The van der Waals surface area contributed by atoms with Crippen molar-refractivity contribution in [2.45, 2.75) is 117 Å². The zero-order valence-corrected chi connectivity index (χ0v) is 21.5. The molecule has 0 amide bonds. The molecule has 3 fully saturated rings. The van der Waals surface area contributed by atoms with Gasteiger partial charge in [0.15, 0.2) is 0 Å². The summed E-state index contributed by atoms with van der Waals surface area (Å²) < 4.78 is 19.3. The van der Waals surface area contributed by atoms with Crippen LogP contribution < -0.4 is 0 Å². The van der Waals surface area contributed by atoms with Crippen LogP contribution in [0.1, 0.15) is 98.8 Å². The van der Waals surface area contributed by atoms with Crippen molar-refractivity contribution in [1.82, 2.24) is 0 Å². The van der Waals surface area contributed by atoms with E-state index in [-0.39, 0.29) is 5.97 Å². The molecule has 3 aliphatic carbocycles. The van der Waals surface area contributed by atoms with Crippen LogP contribution in [-0.4, -0.2) is 29.0 Å². The van der Waals surface area contributed by atoms with Gasteiger partial charge in [0.05, 0.1) is 6.10 Å². The first-order chi connectivity index (χ1) is 15.4. The van der Waals surface area contributed by atoms with Gasteiger partial charge in [0, 0.05) is 13.3 Å². The minimum Gasteiger partial charge on any atom is -0.458 e. The number of aliphatic hydroxyl groups excluding tert-OH is 1. The molecule has 1 N–H and O–H groups in total. The molecule has 186 valence electrons. The summed E-state index contributed by atoms with van der Waals surface area (Å²) in [5.41, 5.74) is 2.58. The molecule has 0 bridgehead atoms. The molecule has 3 saturated carbocycles. The van der Waals surface area contributed by atoms with Crippen LogP contribution in [0.3, 0.4) is 0 Å². The van der Waals surface area contributed by atoms with Crippen LogP contribution in [0.15, 0.2) is 35.5 Å². The van der Waals surface area contributed by atoms with Gasteiger partial charge in [-0.1, -0.05) is 51.0 Å². The van der Waals surface area contributed by atoms with E-state index in [0.717, 1.165) is 30.4 Å². The number of aliphatic hydroxyl groups is 1. The second-order valence-electron chi connectivity index (χ2n) is 11.8. The third kappa shape index (κ3) is 6.38. The highest BCUT2D eigenvalue weighted by Gasteiger charge is 2.50. The van der Waals surface area contributed by atoms with Crippen LogP contribution in [0, 0.1) is 23.2 Å². The van der Waals surface area contributed by atoms with Gasteiger partial charge in [0.1, 0.15) is 11.8 Å². The summed E-state index contributed by atoms with van der Waals surface area (Å²) in [4.78, 5) is 11.4. The molecular formula is C29H45FO3. The van der Waals surface area contributed by atoms with E-state index in [0.29, 0.717) is 42.4 Å². The van der Waals surface area contributed by atoms with Crippen molar-refractivity contribution < 1.29 is 19.0 Å². The van der Waals surface area contributed by atoms with Crippen LogP contribution in [0.2, 0.25) is 0 Å². The number of ether oxygens (including phenoxy) is 1. The molecule has 0 aromatic heterocycles. The van der Waals surface area contributed by atoms with Gasteiger partial charge >= 0.3 is 5.97 Å². The lowest BCUT2D eigenvalue weighted by molar-refractivity contribution is -0.146. The predicted octanol–water partition coefficient (Wildman–Crippen LogP) is 7.25. The molecule has 0 saturated heterocycles. The lowest BCUT2D eigenvalue weighted by Gasteiger charge is -2.44. The standard InChI is InChI=1S/C29H45FO3/c1-19(9-7-15-28(4,5)30)25-13-14-26-22(10-8-16-29(25,26)6)11-12-23-17-24(32)18-27(20(23)2)33-21(3)31/h11-12,19,24-27,32H,2,7-10,13-18H2,1,3-6H3/b22-11?,23-12-/t19-,24-,25-,26?,27-,29-/m1/s1. The largest absolute Gasteiger partial charge is 0.458 e. The zero-order chi connectivity index (χ0) is 24.4. The topological polar surface area (TPSA) is 46.5 Å². The summed E-state index contributed by atoms with van der Waals surface area (Å²) in [5.74, 6) is 1.58. The summed E-state index contributed by atoms with van der Waals surface area (Å²) in [7, 11) is 0. The molecule has 0 radical (unpaired) electrons. The SMILES string of the molecule is C=C1/C(=C\C=C2CCC[C@@]3(C)C2CC[C@@H]3[C@H](C)CCCC(C)(C)F)C[C@@H](O)C[C@H]1OC(C)=O. The van der Waals surface area contributed by atoms with Gasteiger partial charge in [0.2, 0.25) is 0 Å². The number of fused-ring (bicyclic) bond motifs is 1. The highest BCUT2D eigenvalue weighted by atomic mass is 19.1. The van der Waals surface area contributed by atoms with Gasteiger partial charge < -0.3 is 9.84 Å². The summed E-state index contributed by atoms with van der Waals surface area (Å²) >= 11 is 0. The first kappa shape index (κ1) is 26.2. The van der Waals surface area contributed by atoms with Gasteiger partial charge in [-0.25, -0.2) is 4.39 Å². The fraction of sp³-hybridized carbons (Fsp3) is 0.759. The zero-order valence-electron chi connectivity index (χ0n) is 21.5. The number of allylic oxidation sites excluding steroid dienone is 3. The minimum atomic E-state index is -1.07. The third-order valence-electron chi connectivity index (χ3n) is 8.71. The van der Waals surface area contributed by atoms with Crippen LogP contribution >= 0.6 is 0 Å². The average Bonchev–Trinajstić information content (AvgIpc) is 3.05. The first-order valence-corrected chi connectivity index (χ1v) is 13.0. The third-order valence-corrected chi connectivity index (χ3v) is 8.71. The molecule has 3 nitrogen and oxygen atoms in total. The Hall–Kier alpha value is -1.42. The van der Waals surface area contributed by atoms with E-state index in [1.807, 2.05) is 0 Å². The molecular weight excluding hydrogens is 415 g/mol. The monoisotopic (exact) mass is 460 g/mol. The number of esters is 1. The second-order valence-corrected chi connectivity index (χ2v) is 11.8. The smallest absolute Gasteiger partial charge is 0.303 e. The maximum absolute atomic E-state index is 13.9. The normalized spacial score (nSPS) is 36.2. The van der Waals surface area contributed by atoms with Crippen molar-refractivity contribution in [3.8, 4) is 0 Å². The van der Waals surface area contributed by atoms with Crippen LogP contribution in [0.4, 0.5) is 4.39 Å². The van der Waals surface area contributed by atoms with Crippen molar-refractivity contribution in [3.63, 3.8) is 0 Å². The van der Waals surface area contributed by atoms with Crippen molar-refractivity contribution >= 4 is 5.97 Å². The van der Waals surface area contributed by atoms with Crippen molar-refractivity contribution in [2.75, 3.05) is 0 Å². The fourth-order valence-corrected chi connectivity index (χ4v) is 7.03. The average molecular weight is 461 g/mol. The molecule has 0 aromatic rings. The van der Waals surface area contributed by atoms with E-state index in [9.17, 15) is 14.3 Å². The van der Waals surface area contributed by atoms with Gasteiger partial charge in [0.25, 0.3) is 0 Å². The lowest BCUT2D eigenvalue weighted by Crippen LogP contribution is -2.36. The number of rotatable bonds is 7. The van der Waals surface area contributed by atoms with E-state index in [4.69, 9.17) is 4.74 Å². The maximum Gasteiger partial charge on any atom is 0.303 e. The fourth-order valence-electron chi connectivity index (χ4n) is 7.03. The molecule has 4 heteroatoms. The van der Waals surface area contributed by atoms with Crippen molar-refractivity contribution in [1.29, 1.82) is 0 Å². The van der Waals surface area contributed by atoms with E-state index >= 15 is 0 Å². The lowest BCUT2D eigenvalue weighted by atomic mass is 9.60. The number of carbonyl (C=O) groups is 1. The van der Waals surface area contributed by atoms with E-state index in [1.165, 1.54) is 38.2 Å². The van der Waals surface area contributed by atoms with Crippen LogP contribution in [0.5, 0.6) is 0 Å². The van der Waals surface area contributed by atoms with Gasteiger partial charge in [-0.15, -0.1) is 0 Å². The Kier molecular flexibility index (Phi) is 8.30. The van der Waals surface area contributed by atoms with Gasteiger partial charge in [-0.2, -0.15) is 0 Å². The summed E-state index contributed by atoms with van der Waals surface area (Å²) in [5, 5.41) is 10.3. The Morgan fingerprint density at radius 2 is 2.09 bits per heavy atom. The first-order valence-electron chi connectivity index (χ1n) is 13.0. The Bertz CT molecular complexity index is 789. The van der Waals surface area contributed by atoms with E-state index in [1.54, 1.807) is 13.8 Å². The van der Waals surface area contributed by atoms with Gasteiger partial charge in [-0.3, -0.25) is 4.79 Å². The van der Waals surface area contributed by atoms with Gasteiger partial charge in [-0.05, 0) is 93.1 Å². The highest BCUT2D eigenvalue weighted by Crippen LogP contribution is 2.60. The van der Waals surface area contributed by atoms with E-state index < -0.39 is 17.9 Å². The molecule has 3 rings (SSSR count). The molecule has 0 aliphatic heterocycles. The number of alkyl halides is 1. The molecule has 1 unspecified atom stereocenters. The molecule has 0 aromatic carbocycles. The highest BCUT2D eigenvalue weighted by molar-refractivity contribution is 5.66. The summed E-state index contributed by atoms with van der Waals surface area (Å²) in [6.07, 6.45) is 13.3. The predicted molar refractivity (Wildman–Crippen MR) is 132 cm³/mol. The molecule has 0 spiro atoms. The Morgan fingerprint density at radius 1 is 1.36 bits per heavy atom. The molecule has 3 aliphatic rings. The van der Waals surface area contributed by atoms with Crippen LogP contribution in [0.25, 0.3) is 0 Å². The number of hydrogen-bond donors (Lipinski definition) is 1. The second kappa shape index (κ2) is 10.5. The maximum atomic E-state index is 13.9. The Morgan fingerprint density at radius 3 is 2.76 bits per heavy atom. The summed E-state index contributed by atoms with van der Waals surface area (Å²) in [6, 6.07) is 0. The number of hydrogen-bond acceptors (Lipinski definition) is 3. The summed E-state index contributed by atoms with van der Waals surface area (Å²) in [6.45, 7) is 13.8. The minimum absolute atomic E-state index is 0.316. The van der Waals surface area contributed by atoms with Crippen LogP contribution in [-0.2, 0) is 9.53 Å².